The molecule has 1 fully saturated rings. The zero-order valence-electron chi connectivity index (χ0n) is 12.5. The number of nitrogens with two attached hydrogens (primary N) is 1. The number of rotatable bonds is 2. The number of anilines is 1. The Kier molecular flexibility index (Phi) is 4.00. The standard InChI is InChI=1S/C16H19N3O3/c1-21-16(20)19-9-7-12(8-10-19)14-13(15(17)22-18-14)11-5-3-2-4-6-11/h2-6,12H,7-10,17H2,1H3. The van der Waals surface area contributed by atoms with Crippen molar-refractivity contribution < 1.29 is 14.1 Å². The molecule has 0 aliphatic carbocycles. The molecule has 3 rings (SSSR count). The van der Waals surface area contributed by atoms with Crippen LogP contribution in [0.1, 0.15) is 24.5 Å². The third-order valence-corrected chi connectivity index (χ3v) is 4.12. The van der Waals surface area contributed by atoms with Crippen LogP contribution in [0.4, 0.5) is 10.7 Å². The third kappa shape index (κ3) is 2.64. The molecule has 1 saturated heterocycles. The van der Waals surface area contributed by atoms with Gasteiger partial charge < -0.3 is 19.9 Å². The van der Waals surface area contributed by atoms with E-state index in [2.05, 4.69) is 5.16 Å². The summed E-state index contributed by atoms with van der Waals surface area (Å²) in [6, 6.07) is 9.88. The topological polar surface area (TPSA) is 81.6 Å². The maximum absolute atomic E-state index is 11.6. The molecule has 22 heavy (non-hydrogen) atoms. The van der Waals surface area contributed by atoms with E-state index in [1.165, 1.54) is 7.11 Å². The van der Waals surface area contributed by atoms with Crippen molar-refractivity contribution in [1.29, 1.82) is 0 Å². The van der Waals surface area contributed by atoms with Crippen LogP contribution in [0.15, 0.2) is 34.9 Å². The number of hydrogen-bond acceptors (Lipinski definition) is 5. The highest BCUT2D eigenvalue weighted by Crippen LogP contribution is 2.38. The third-order valence-electron chi connectivity index (χ3n) is 4.12. The van der Waals surface area contributed by atoms with Gasteiger partial charge in [0.05, 0.1) is 18.4 Å². The van der Waals surface area contributed by atoms with E-state index >= 15 is 0 Å². The van der Waals surface area contributed by atoms with E-state index in [0.717, 1.165) is 29.7 Å². The number of amides is 1. The van der Waals surface area contributed by atoms with E-state index in [1.807, 2.05) is 30.3 Å². The lowest BCUT2D eigenvalue weighted by Crippen LogP contribution is -2.37. The van der Waals surface area contributed by atoms with Gasteiger partial charge in [0.1, 0.15) is 0 Å². The number of ether oxygens (including phenoxy) is 1. The highest BCUT2D eigenvalue weighted by molar-refractivity contribution is 5.75. The summed E-state index contributed by atoms with van der Waals surface area (Å²) in [5, 5.41) is 4.17. The minimum Gasteiger partial charge on any atom is -0.453 e. The highest BCUT2D eigenvalue weighted by atomic mass is 16.5. The molecular formula is C16H19N3O3. The van der Waals surface area contributed by atoms with Crippen molar-refractivity contribution in [2.24, 2.45) is 0 Å². The number of benzene rings is 1. The van der Waals surface area contributed by atoms with Crippen LogP contribution in [-0.4, -0.2) is 36.3 Å². The van der Waals surface area contributed by atoms with Gasteiger partial charge in [0.2, 0.25) is 5.88 Å². The van der Waals surface area contributed by atoms with Gasteiger partial charge in [0, 0.05) is 19.0 Å². The summed E-state index contributed by atoms with van der Waals surface area (Å²) in [4.78, 5) is 13.3. The summed E-state index contributed by atoms with van der Waals surface area (Å²) in [5.41, 5.74) is 8.72. The molecule has 116 valence electrons. The van der Waals surface area contributed by atoms with Crippen molar-refractivity contribution in [1.82, 2.24) is 10.1 Å². The summed E-state index contributed by atoms with van der Waals surface area (Å²) in [7, 11) is 1.40. The Morgan fingerprint density at radius 2 is 2.00 bits per heavy atom. The van der Waals surface area contributed by atoms with E-state index in [9.17, 15) is 4.79 Å². The van der Waals surface area contributed by atoms with Crippen LogP contribution in [0.3, 0.4) is 0 Å². The molecule has 2 N–H and O–H groups in total. The van der Waals surface area contributed by atoms with Gasteiger partial charge in [-0.1, -0.05) is 35.5 Å². The molecule has 6 heteroatoms. The van der Waals surface area contributed by atoms with E-state index in [4.69, 9.17) is 15.0 Å². The summed E-state index contributed by atoms with van der Waals surface area (Å²) in [6.07, 6.45) is 1.36. The Balaban J connectivity index is 1.81. The molecular weight excluding hydrogens is 282 g/mol. The Bertz CT molecular complexity index is 646. The molecule has 0 spiro atoms. The number of methoxy groups -OCH3 is 1. The van der Waals surface area contributed by atoms with Crippen molar-refractivity contribution in [3.05, 3.63) is 36.0 Å². The first kappa shape index (κ1) is 14.4. The number of piperidine rings is 1. The van der Waals surface area contributed by atoms with Crippen LogP contribution < -0.4 is 5.73 Å². The van der Waals surface area contributed by atoms with Gasteiger partial charge in [-0.3, -0.25) is 0 Å². The quantitative estimate of drug-likeness (QED) is 0.922. The second kappa shape index (κ2) is 6.09. The van der Waals surface area contributed by atoms with E-state index in [-0.39, 0.29) is 12.0 Å². The van der Waals surface area contributed by atoms with Crippen molar-refractivity contribution in [2.45, 2.75) is 18.8 Å². The van der Waals surface area contributed by atoms with Gasteiger partial charge in [-0.05, 0) is 18.4 Å². The molecule has 1 aliphatic rings. The van der Waals surface area contributed by atoms with Gasteiger partial charge in [-0.25, -0.2) is 4.79 Å². The molecule has 1 aliphatic heterocycles. The van der Waals surface area contributed by atoms with Crippen LogP contribution in [0.2, 0.25) is 0 Å². The fourth-order valence-electron chi connectivity index (χ4n) is 2.95. The lowest BCUT2D eigenvalue weighted by atomic mass is 9.89. The van der Waals surface area contributed by atoms with Crippen molar-refractivity contribution in [3.63, 3.8) is 0 Å². The van der Waals surface area contributed by atoms with Gasteiger partial charge >= 0.3 is 6.09 Å². The molecule has 1 aromatic heterocycles. The minimum absolute atomic E-state index is 0.233. The van der Waals surface area contributed by atoms with Gasteiger partial charge in [0.15, 0.2) is 0 Å². The lowest BCUT2D eigenvalue weighted by Gasteiger charge is -2.30. The number of carbonyl (C=O) groups excluding carboxylic acids is 1. The highest BCUT2D eigenvalue weighted by Gasteiger charge is 2.29. The molecule has 0 unspecified atom stereocenters. The van der Waals surface area contributed by atoms with Gasteiger partial charge in [-0.2, -0.15) is 0 Å². The maximum atomic E-state index is 11.6. The zero-order valence-corrected chi connectivity index (χ0v) is 12.5. The second-order valence-corrected chi connectivity index (χ2v) is 5.40. The summed E-state index contributed by atoms with van der Waals surface area (Å²) >= 11 is 0. The van der Waals surface area contributed by atoms with Crippen molar-refractivity contribution in [3.8, 4) is 11.1 Å². The maximum Gasteiger partial charge on any atom is 0.409 e. The average Bonchev–Trinajstić information content (AvgIpc) is 2.96. The number of hydrogen-bond donors (Lipinski definition) is 1. The molecule has 2 heterocycles. The van der Waals surface area contributed by atoms with Crippen molar-refractivity contribution in [2.75, 3.05) is 25.9 Å². The SMILES string of the molecule is COC(=O)N1CCC(c2noc(N)c2-c2ccccc2)CC1. The van der Waals surface area contributed by atoms with Gasteiger partial charge in [-0.15, -0.1) is 0 Å². The summed E-state index contributed by atoms with van der Waals surface area (Å²) in [5.74, 6) is 0.578. The van der Waals surface area contributed by atoms with E-state index < -0.39 is 0 Å². The fraction of sp³-hybridized carbons (Fsp3) is 0.375. The molecule has 0 atom stereocenters. The summed E-state index contributed by atoms with van der Waals surface area (Å²) < 4.78 is 9.98. The first-order valence-corrected chi connectivity index (χ1v) is 7.34. The number of likely N-dealkylation sites (tertiary alicyclic amines) is 1. The van der Waals surface area contributed by atoms with Crippen LogP contribution in [0.5, 0.6) is 0 Å². The molecule has 6 nitrogen and oxygen atoms in total. The molecule has 0 saturated carbocycles. The van der Waals surface area contributed by atoms with Gasteiger partial charge in [0.25, 0.3) is 0 Å². The second-order valence-electron chi connectivity index (χ2n) is 5.40. The minimum atomic E-state index is -0.276. The van der Waals surface area contributed by atoms with Crippen LogP contribution >= 0.6 is 0 Å². The number of nitrogen functional groups attached to an aromatic ring is 1. The molecule has 1 amide bonds. The summed E-state index contributed by atoms with van der Waals surface area (Å²) in [6.45, 7) is 1.30. The molecule has 1 aromatic carbocycles. The molecule has 0 radical (unpaired) electrons. The average molecular weight is 301 g/mol. The molecule has 0 bridgehead atoms. The molecule has 2 aromatic rings. The Hall–Kier alpha value is -2.50. The lowest BCUT2D eigenvalue weighted by molar-refractivity contribution is 0.112. The smallest absolute Gasteiger partial charge is 0.409 e. The monoisotopic (exact) mass is 301 g/mol. The van der Waals surface area contributed by atoms with Crippen LogP contribution in [-0.2, 0) is 4.74 Å². The van der Waals surface area contributed by atoms with Crippen LogP contribution in [0.25, 0.3) is 11.1 Å². The number of carbonyl (C=O) groups is 1. The predicted octanol–water partition coefficient (Wildman–Crippen LogP) is 2.87. The zero-order chi connectivity index (χ0) is 15.5. The predicted molar refractivity (Wildman–Crippen MR) is 82.3 cm³/mol. The Morgan fingerprint density at radius 1 is 1.32 bits per heavy atom. The van der Waals surface area contributed by atoms with Crippen LogP contribution in [0, 0.1) is 0 Å². The Labute approximate surface area is 128 Å². The van der Waals surface area contributed by atoms with Crippen molar-refractivity contribution >= 4 is 12.0 Å². The van der Waals surface area contributed by atoms with E-state index in [1.54, 1.807) is 4.90 Å². The Morgan fingerprint density at radius 3 is 2.64 bits per heavy atom. The number of aromatic nitrogens is 1. The first-order valence-electron chi connectivity index (χ1n) is 7.34. The van der Waals surface area contributed by atoms with E-state index in [0.29, 0.717) is 19.0 Å². The number of nitrogens with zero attached hydrogens (tertiary/aromatic N) is 2. The fourth-order valence-corrected chi connectivity index (χ4v) is 2.95. The largest absolute Gasteiger partial charge is 0.453 e. The normalized spacial score (nSPS) is 15.8. The first-order chi connectivity index (χ1) is 10.7.